The fourth-order valence-electron chi connectivity index (χ4n) is 4.35. The van der Waals surface area contributed by atoms with E-state index in [0.29, 0.717) is 11.6 Å². The molecule has 0 spiro atoms. The van der Waals surface area contributed by atoms with Gasteiger partial charge in [0.15, 0.2) is 0 Å². The SMILES string of the molecule is Cc1ccc(C(F)(F)F)c(S(=O)(=O)NCCN2CCN(CC(=O)O)CCN(CC(=O)O)CCN(CC(=O)O)CC2)c1. The number of alkyl halides is 3. The monoisotopic (exact) mass is 611 g/mol. The summed E-state index contributed by atoms with van der Waals surface area (Å²) >= 11 is 0. The predicted octanol–water partition coefficient (Wildman–Crippen LogP) is -0.232. The molecule has 0 radical (unpaired) electrons. The summed E-state index contributed by atoms with van der Waals surface area (Å²) in [7, 11) is -4.53. The van der Waals surface area contributed by atoms with Gasteiger partial charge >= 0.3 is 24.1 Å². The molecule has 1 heterocycles. The van der Waals surface area contributed by atoms with Crippen LogP contribution in [0, 0.1) is 6.92 Å². The van der Waals surface area contributed by atoms with Gasteiger partial charge in [-0.15, -0.1) is 0 Å². The van der Waals surface area contributed by atoms with Gasteiger partial charge in [-0.05, 0) is 24.6 Å². The number of aliphatic carboxylic acids is 3. The fraction of sp³-hybridized carbons (Fsp3) is 0.625. The van der Waals surface area contributed by atoms with Crippen molar-refractivity contribution in [1.82, 2.24) is 24.3 Å². The number of carboxylic acid groups (broad SMARTS) is 3. The topological polar surface area (TPSA) is 171 Å². The second-order valence-corrected chi connectivity index (χ2v) is 11.5. The van der Waals surface area contributed by atoms with E-state index in [9.17, 15) is 51.3 Å². The number of sulfonamides is 1. The molecule has 1 aliphatic heterocycles. The molecule has 1 aromatic carbocycles. The van der Waals surface area contributed by atoms with Crippen LogP contribution in [0.2, 0.25) is 0 Å². The van der Waals surface area contributed by atoms with Crippen LogP contribution in [-0.4, -0.2) is 146 Å². The number of hydrogen-bond donors (Lipinski definition) is 4. The van der Waals surface area contributed by atoms with E-state index >= 15 is 0 Å². The number of nitrogens with one attached hydrogen (secondary N) is 1. The summed E-state index contributed by atoms with van der Waals surface area (Å²) in [6.07, 6.45) is -4.88. The summed E-state index contributed by atoms with van der Waals surface area (Å²) in [5, 5.41) is 27.8. The molecular formula is C24H36F3N5O8S. The maximum Gasteiger partial charge on any atom is 0.417 e. The highest BCUT2D eigenvalue weighted by Crippen LogP contribution is 2.34. The molecule has 4 N–H and O–H groups in total. The van der Waals surface area contributed by atoms with Gasteiger partial charge in [-0.1, -0.05) is 6.07 Å². The lowest BCUT2D eigenvalue weighted by molar-refractivity contribution is -0.140. The van der Waals surface area contributed by atoms with Gasteiger partial charge in [0.05, 0.1) is 30.1 Å². The summed E-state index contributed by atoms with van der Waals surface area (Å²) in [6, 6.07) is 2.83. The first-order valence-electron chi connectivity index (χ1n) is 12.8. The van der Waals surface area contributed by atoms with Crippen LogP contribution in [0.5, 0.6) is 0 Å². The number of halogens is 3. The molecule has 1 fully saturated rings. The molecule has 1 aliphatic rings. The average Bonchev–Trinajstić information content (AvgIpc) is 2.83. The largest absolute Gasteiger partial charge is 0.480 e. The Kier molecular flexibility index (Phi) is 12.9. The summed E-state index contributed by atoms with van der Waals surface area (Å²) in [6.45, 7) is 2.13. The van der Waals surface area contributed by atoms with E-state index in [0.717, 1.165) is 6.07 Å². The first-order valence-corrected chi connectivity index (χ1v) is 14.3. The first-order chi connectivity index (χ1) is 19.1. The average molecular weight is 612 g/mol. The van der Waals surface area contributed by atoms with Crippen molar-refractivity contribution in [3.63, 3.8) is 0 Å². The Hall–Kier alpha value is -2.83. The van der Waals surface area contributed by atoms with Crippen LogP contribution in [0.4, 0.5) is 13.2 Å². The Morgan fingerprint density at radius 3 is 1.54 bits per heavy atom. The normalized spacial score (nSPS) is 18.0. The predicted molar refractivity (Wildman–Crippen MR) is 140 cm³/mol. The molecule has 0 aliphatic carbocycles. The number of rotatable bonds is 11. The maximum absolute atomic E-state index is 13.5. The summed E-state index contributed by atoms with van der Waals surface area (Å²) < 4.78 is 68.2. The number of carbonyl (C=O) groups is 3. The van der Waals surface area contributed by atoms with E-state index in [1.165, 1.54) is 13.0 Å². The smallest absolute Gasteiger partial charge is 0.417 e. The van der Waals surface area contributed by atoms with Crippen molar-refractivity contribution in [2.24, 2.45) is 0 Å². The summed E-state index contributed by atoms with van der Waals surface area (Å²) in [4.78, 5) is 39.7. The number of aryl methyl sites for hydroxylation is 1. The molecule has 0 aromatic heterocycles. The zero-order valence-electron chi connectivity index (χ0n) is 22.6. The van der Waals surface area contributed by atoms with Crippen LogP contribution in [0.3, 0.4) is 0 Å². The third-order valence-electron chi connectivity index (χ3n) is 6.46. The van der Waals surface area contributed by atoms with Gasteiger partial charge in [0.25, 0.3) is 0 Å². The molecule has 1 aromatic rings. The number of benzene rings is 1. The fourth-order valence-corrected chi connectivity index (χ4v) is 5.68. The lowest BCUT2D eigenvalue weighted by atomic mass is 10.1. The molecule has 13 nitrogen and oxygen atoms in total. The van der Waals surface area contributed by atoms with Gasteiger partial charge in [0.2, 0.25) is 10.0 Å². The van der Waals surface area contributed by atoms with Crippen LogP contribution in [0.25, 0.3) is 0 Å². The second-order valence-electron chi connectivity index (χ2n) is 9.75. The summed E-state index contributed by atoms with van der Waals surface area (Å²) in [5.41, 5.74) is -0.951. The zero-order valence-corrected chi connectivity index (χ0v) is 23.5. The second kappa shape index (κ2) is 15.4. The molecule has 2 rings (SSSR count). The molecule has 0 amide bonds. The lowest BCUT2D eigenvalue weighted by Crippen LogP contribution is -2.49. The van der Waals surface area contributed by atoms with Gasteiger partial charge in [-0.2, -0.15) is 13.2 Å². The highest BCUT2D eigenvalue weighted by atomic mass is 32.2. The van der Waals surface area contributed by atoms with Crippen LogP contribution < -0.4 is 4.72 Å². The number of nitrogens with zero attached hydrogens (tertiary/aromatic N) is 4. The Balaban J connectivity index is 2.18. The molecule has 0 unspecified atom stereocenters. The van der Waals surface area contributed by atoms with Crippen LogP contribution in [-0.2, 0) is 30.6 Å². The Labute approximate surface area is 236 Å². The molecule has 232 valence electrons. The molecule has 41 heavy (non-hydrogen) atoms. The highest BCUT2D eigenvalue weighted by molar-refractivity contribution is 7.89. The lowest BCUT2D eigenvalue weighted by Gasteiger charge is -2.33. The van der Waals surface area contributed by atoms with Gasteiger partial charge in [0.1, 0.15) is 0 Å². The number of carboxylic acids is 3. The first kappa shape index (κ1) is 34.4. The van der Waals surface area contributed by atoms with Crippen LogP contribution in [0.1, 0.15) is 11.1 Å². The summed E-state index contributed by atoms with van der Waals surface area (Å²) in [5.74, 6) is -3.26. The van der Waals surface area contributed by atoms with Crippen molar-refractivity contribution in [2.45, 2.75) is 18.0 Å². The third-order valence-corrected chi connectivity index (χ3v) is 7.96. The Morgan fingerprint density at radius 1 is 0.780 bits per heavy atom. The third kappa shape index (κ3) is 12.3. The van der Waals surface area contributed by atoms with Crippen LogP contribution in [0.15, 0.2) is 23.1 Å². The van der Waals surface area contributed by atoms with Crippen molar-refractivity contribution in [2.75, 3.05) is 85.1 Å². The minimum Gasteiger partial charge on any atom is -0.480 e. The molecule has 17 heteroatoms. The van der Waals surface area contributed by atoms with Crippen molar-refractivity contribution in [3.05, 3.63) is 29.3 Å². The molecular weight excluding hydrogens is 575 g/mol. The van der Waals surface area contributed by atoms with E-state index in [2.05, 4.69) is 4.72 Å². The Morgan fingerprint density at radius 2 is 1.17 bits per heavy atom. The maximum atomic E-state index is 13.5. The molecule has 0 bridgehead atoms. The van der Waals surface area contributed by atoms with E-state index in [4.69, 9.17) is 0 Å². The van der Waals surface area contributed by atoms with E-state index < -0.39 is 44.6 Å². The highest BCUT2D eigenvalue weighted by Gasteiger charge is 2.37. The standard InChI is InChI=1S/C24H36F3N5O8S/c1-18-2-3-19(24(25,26)27)20(14-18)41(39,40)28-4-5-29-6-8-30(15-21(33)34)10-12-32(17-23(37)38)13-11-31(9-7-29)16-22(35)36/h2-3,14,28H,4-13,15-17H2,1H3,(H,33,34)(H,35,36)(H,37,38). The minimum atomic E-state index is -4.88. The van der Waals surface area contributed by atoms with Gasteiger partial charge < -0.3 is 15.3 Å². The van der Waals surface area contributed by atoms with E-state index in [1.54, 1.807) is 19.6 Å². The van der Waals surface area contributed by atoms with E-state index in [-0.39, 0.29) is 85.1 Å². The van der Waals surface area contributed by atoms with Crippen LogP contribution >= 0.6 is 0 Å². The van der Waals surface area contributed by atoms with Crippen molar-refractivity contribution < 1.29 is 51.3 Å². The number of hydrogen-bond acceptors (Lipinski definition) is 9. The Bertz CT molecular complexity index is 1140. The van der Waals surface area contributed by atoms with E-state index in [1.807, 2.05) is 0 Å². The van der Waals surface area contributed by atoms with Crippen molar-refractivity contribution >= 4 is 27.9 Å². The molecule has 0 atom stereocenters. The van der Waals surface area contributed by atoms with Gasteiger partial charge in [0, 0.05) is 65.4 Å². The molecule has 0 saturated carbocycles. The quantitative estimate of drug-likeness (QED) is 0.260. The minimum absolute atomic E-state index is 0.0549. The zero-order chi connectivity index (χ0) is 30.8. The van der Waals surface area contributed by atoms with Crippen molar-refractivity contribution in [1.29, 1.82) is 0 Å². The van der Waals surface area contributed by atoms with Crippen molar-refractivity contribution in [3.8, 4) is 0 Å². The molecule has 1 saturated heterocycles. The van der Waals surface area contributed by atoms with Gasteiger partial charge in [-0.3, -0.25) is 34.0 Å². The van der Waals surface area contributed by atoms with Gasteiger partial charge in [-0.25, -0.2) is 13.1 Å².